The smallest absolute Gasteiger partial charge is 0.267 e. The van der Waals surface area contributed by atoms with Gasteiger partial charge in [0.05, 0.1) is 20.5 Å². The maximum absolute atomic E-state index is 12.9. The van der Waals surface area contributed by atoms with Gasteiger partial charge in [0.25, 0.3) is 11.8 Å². The largest absolute Gasteiger partial charge is 0.493 e. The summed E-state index contributed by atoms with van der Waals surface area (Å²) in [4.78, 5) is 28.1. The quantitative estimate of drug-likeness (QED) is 0.422. The Kier molecular flexibility index (Phi) is 8.95. The molecule has 2 amide bonds. The zero-order chi connectivity index (χ0) is 23.6. The van der Waals surface area contributed by atoms with Gasteiger partial charge in [-0.1, -0.05) is 6.92 Å². The van der Waals surface area contributed by atoms with Gasteiger partial charge >= 0.3 is 0 Å². The van der Waals surface area contributed by atoms with Crippen molar-refractivity contribution in [3.05, 3.63) is 53.6 Å². The zero-order valence-electron chi connectivity index (χ0n) is 19.6. The second kappa shape index (κ2) is 12.1. The predicted molar refractivity (Wildman–Crippen MR) is 126 cm³/mol. The van der Waals surface area contributed by atoms with Crippen LogP contribution in [0.1, 0.15) is 42.3 Å². The number of rotatable bonds is 10. The molecule has 8 nitrogen and oxygen atoms in total. The number of nitrogens with one attached hydrogen (secondary N) is 2. The third-order valence-corrected chi connectivity index (χ3v) is 5.78. The minimum absolute atomic E-state index is 0.108. The zero-order valence-corrected chi connectivity index (χ0v) is 19.6. The van der Waals surface area contributed by atoms with E-state index in [2.05, 4.69) is 22.5 Å². The summed E-state index contributed by atoms with van der Waals surface area (Å²) in [6.45, 7) is 5.98. The number of hydrogen-bond donors (Lipinski definition) is 2. The summed E-state index contributed by atoms with van der Waals surface area (Å²) in [6, 6.07) is 8.25. The monoisotopic (exact) mass is 455 g/mol. The normalized spacial score (nSPS) is 15.2. The van der Waals surface area contributed by atoms with Gasteiger partial charge in [-0.05, 0) is 75.1 Å². The first-order valence-corrected chi connectivity index (χ1v) is 11.3. The number of likely N-dealkylation sites (tertiary alicyclic amines) is 1. The molecule has 3 rings (SSSR count). The number of ether oxygens (including phenoxy) is 2. The summed E-state index contributed by atoms with van der Waals surface area (Å²) in [7, 11) is 3.03. The minimum atomic E-state index is -0.439. The van der Waals surface area contributed by atoms with Crippen LogP contribution in [0.2, 0.25) is 0 Å². The molecule has 0 unspecified atom stereocenters. The van der Waals surface area contributed by atoms with Crippen LogP contribution in [0.15, 0.2) is 46.7 Å². The Hall–Kier alpha value is -3.26. The van der Waals surface area contributed by atoms with E-state index in [1.165, 1.54) is 39.4 Å². The molecule has 1 aliphatic rings. The molecule has 0 bridgehead atoms. The van der Waals surface area contributed by atoms with Crippen molar-refractivity contribution in [1.29, 1.82) is 0 Å². The standard InChI is InChI=1S/C25H33N3O5/c1-18-9-13-28(14-10-18)12-5-11-26-25(30)21(17-20-6-4-15-33-20)27-24(29)19-7-8-22(31-2)23(16-19)32-3/h4,6-8,15-18H,5,9-14H2,1-3H3,(H,26,30)(H,27,29)/b21-17-. The lowest BCUT2D eigenvalue weighted by atomic mass is 9.99. The fourth-order valence-electron chi connectivity index (χ4n) is 3.73. The minimum Gasteiger partial charge on any atom is -0.493 e. The van der Waals surface area contributed by atoms with Crippen LogP contribution in [0.5, 0.6) is 11.5 Å². The van der Waals surface area contributed by atoms with Crippen molar-refractivity contribution in [1.82, 2.24) is 15.5 Å². The van der Waals surface area contributed by atoms with E-state index >= 15 is 0 Å². The Morgan fingerprint density at radius 1 is 1.15 bits per heavy atom. The summed E-state index contributed by atoms with van der Waals surface area (Å²) >= 11 is 0. The van der Waals surface area contributed by atoms with Gasteiger partial charge in [-0.3, -0.25) is 9.59 Å². The van der Waals surface area contributed by atoms with Crippen LogP contribution in [-0.4, -0.2) is 57.1 Å². The molecule has 0 saturated carbocycles. The average molecular weight is 456 g/mol. The first kappa shape index (κ1) is 24.4. The number of nitrogens with zero attached hydrogens (tertiary/aromatic N) is 1. The molecule has 2 aromatic rings. The van der Waals surface area contributed by atoms with E-state index in [9.17, 15) is 9.59 Å². The highest BCUT2D eigenvalue weighted by Gasteiger charge is 2.18. The fourth-order valence-corrected chi connectivity index (χ4v) is 3.73. The van der Waals surface area contributed by atoms with Crippen LogP contribution in [-0.2, 0) is 4.79 Å². The number of amides is 2. The molecule has 8 heteroatoms. The van der Waals surface area contributed by atoms with Gasteiger partial charge in [0.1, 0.15) is 11.5 Å². The van der Waals surface area contributed by atoms with Gasteiger partial charge in [-0.25, -0.2) is 0 Å². The van der Waals surface area contributed by atoms with Crippen molar-refractivity contribution in [2.75, 3.05) is 40.4 Å². The first-order chi connectivity index (χ1) is 16.0. The molecule has 1 aliphatic heterocycles. The van der Waals surface area contributed by atoms with Crippen molar-refractivity contribution >= 4 is 17.9 Å². The number of piperidine rings is 1. The molecule has 0 aliphatic carbocycles. The fraction of sp³-hybridized carbons (Fsp3) is 0.440. The molecule has 33 heavy (non-hydrogen) atoms. The molecule has 0 atom stereocenters. The molecular weight excluding hydrogens is 422 g/mol. The molecule has 1 aromatic heterocycles. The van der Waals surface area contributed by atoms with E-state index in [-0.39, 0.29) is 11.6 Å². The number of benzene rings is 1. The lowest BCUT2D eigenvalue weighted by Gasteiger charge is -2.30. The van der Waals surface area contributed by atoms with Gasteiger partial charge in [0, 0.05) is 18.2 Å². The topological polar surface area (TPSA) is 93.0 Å². The van der Waals surface area contributed by atoms with Crippen LogP contribution in [0.25, 0.3) is 6.08 Å². The lowest BCUT2D eigenvalue weighted by Crippen LogP contribution is -2.37. The van der Waals surface area contributed by atoms with Gasteiger partial charge in [-0.15, -0.1) is 0 Å². The highest BCUT2D eigenvalue weighted by atomic mass is 16.5. The highest BCUT2D eigenvalue weighted by Crippen LogP contribution is 2.27. The third kappa shape index (κ3) is 7.12. The Morgan fingerprint density at radius 2 is 1.91 bits per heavy atom. The molecule has 2 N–H and O–H groups in total. The molecule has 2 heterocycles. The van der Waals surface area contributed by atoms with Crippen LogP contribution in [0.3, 0.4) is 0 Å². The lowest BCUT2D eigenvalue weighted by molar-refractivity contribution is -0.117. The Bertz CT molecular complexity index is 947. The average Bonchev–Trinajstić information content (AvgIpc) is 3.35. The summed E-state index contributed by atoms with van der Waals surface area (Å²) in [5.41, 5.74) is 0.446. The van der Waals surface area contributed by atoms with Crippen LogP contribution in [0, 0.1) is 5.92 Å². The second-order valence-electron chi connectivity index (χ2n) is 8.23. The number of furan rings is 1. The van der Waals surface area contributed by atoms with E-state index in [0.29, 0.717) is 29.4 Å². The van der Waals surface area contributed by atoms with E-state index < -0.39 is 5.91 Å². The van der Waals surface area contributed by atoms with Gasteiger partial charge < -0.3 is 29.4 Å². The van der Waals surface area contributed by atoms with Crippen LogP contribution < -0.4 is 20.1 Å². The van der Waals surface area contributed by atoms with Crippen molar-refractivity contribution in [2.24, 2.45) is 5.92 Å². The molecule has 1 fully saturated rings. The summed E-state index contributed by atoms with van der Waals surface area (Å²) in [5.74, 6) is 1.40. The number of methoxy groups -OCH3 is 2. The molecule has 1 aromatic carbocycles. The van der Waals surface area contributed by atoms with Gasteiger partial charge in [0.15, 0.2) is 11.5 Å². The highest BCUT2D eigenvalue weighted by molar-refractivity contribution is 6.05. The molecule has 0 spiro atoms. The van der Waals surface area contributed by atoms with Crippen molar-refractivity contribution < 1.29 is 23.5 Å². The summed E-state index contributed by atoms with van der Waals surface area (Å²) < 4.78 is 15.8. The Balaban J connectivity index is 1.61. The number of carbonyl (C=O) groups excluding carboxylic acids is 2. The summed E-state index contributed by atoms with van der Waals surface area (Å²) in [5, 5.41) is 5.60. The molecule has 0 radical (unpaired) electrons. The SMILES string of the molecule is COc1ccc(C(=O)N/C(=C\c2ccco2)C(=O)NCCCN2CCC(C)CC2)cc1OC. The maximum Gasteiger partial charge on any atom is 0.267 e. The van der Waals surface area contributed by atoms with E-state index in [4.69, 9.17) is 13.9 Å². The van der Waals surface area contributed by atoms with Crippen molar-refractivity contribution in [2.45, 2.75) is 26.2 Å². The predicted octanol–water partition coefficient (Wildman–Crippen LogP) is 3.31. The van der Waals surface area contributed by atoms with Crippen molar-refractivity contribution in [3.63, 3.8) is 0 Å². The summed E-state index contributed by atoms with van der Waals surface area (Å²) in [6.07, 6.45) is 6.32. The molecule has 1 saturated heterocycles. The van der Waals surface area contributed by atoms with E-state index in [0.717, 1.165) is 32.0 Å². The van der Waals surface area contributed by atoms with Crippen LogP contribution in [0.4, 0.5) is 0 Å². The van der Waals surface area contributed by atoms with Crippen LogP contribution >= 0.6 is 0 Å². The number of hydrogen-bond acceptors (Lipinski definition) is 6. The molecule has 178 valence electrons. The van der Waals surface area contributed by atoms with Crippen molar-refractivity contribution in [3.8, 4) is 11.5 Å². The Morgan fingerprint density at radius 3 is 2.58 bits per heavy atom. The van der Waals surface area contributed by atoms with E-state index in [1.807, 2.05) is 0 Å². The number of carbonyl (C=O) groups is 2. The van der Waals surface area contributed by atoms with Gasteiger partial charge in [0.2, 0.25) is 0 Å². The maximum atomic E-state index is 12.9. The van der Waals surface area contributed by atoms with E-state index in [1.54, 1.807) is 30.3 Å². The Labute approximate surface area is 194 Å². The third-order valence-electron chi connectivity index (χ3n) is 5.78. The van der Waals surface area contributed by atoms with Gasteiger partial charge in [-0.2, -0.15) is 0 Å². The first-order valence-electron chi connectivity index (χ1n) is 11.3. The second-order valence-corrected chi connectivity index (χ2v) is 8.23. The molecular formula is C25H33N3O5.